The molecule has 11 nitrogen and oxygen atoms in total. The van der Waals surface area contributed by atoms with Crippen molar-refractivity contribution in [2.24, 2.45) is 0 Å². The summed E-state index contributed by atoms with van der Waals surface area (Å²) in [6, 6.07) is 6.80. The number of rotatable bonds is 11. The van der Waals surface area contributed by atoms with Crippen LogP contribution in [0.5, 0.6) is 0 Å². The molecule has 5 N–H and O–H groups in total. The summed E-state index contributed by atoms with van der Waals surface area (Å²) >= 11 is 0. The van der Waals surface area contributed by atoms with Crippen molar-refractivity contribution >= 4 is 17.9 Å². The van der Waals surface area contributed by atoms with Gasteiger partial charge in [-0.3, -0.25) is 14.5 Å². The van der Waals surface area contributed by atoms with Crippen LogP contribution >= 0.6 is 0 Å². The predicted octanol–water partition coefficient (Wildman–Crippen LogP) is 1.79. The third-order valence-electron chi connectivity index (χ3n) is 5.37. The van der Waals surface area contributed by atoms with E-state index < -0.39 is 36.4 Å². The number of aliphatic hydroxyl groups is 1. The van der Waals surface area contributed by atoms with Gasteiger partial charge in [-0.05, 0) is 37.5 Å². The Morgan fingerprint density at radius 1 is 1.20 bits per heavy atom. The molecule has 1 atom stereocenters. The number of aromatic nitrogens is 2. The van der Waals surface area contributed by atoms with Crippen LogP contribution in [0.3, 0.4) is 0 Å². The molecule has 0 saturated carbocycles. The lowest BCUT2D eigenvalue weighted by Gasteiger charge is -2.25. The summed E-state index contributed by atoms with van der Waals surface area (Å²) in [6.45, 7) is 5.16. The van der Waals surface area contributed by atoms with Gasteiger partial charge in [-0.2, -0.15) is 0 Å². The molecule has 1 aliphatic rings. The Bertz CT molecular complexity index is 990. The van der Waals surface area contributed by atoms with Gasteiger partial charge >= 0.3 is 17.9 Å². The van der Waals surface area contributed by atoms with Gasteiger partial charge in [0.05, 0.1) is 31.0 Å². The van der Waals surface area contributed by atoms with Crippen LogP contribution in [0, 0.1) is 12.7 Å². The van der Waals surface area contributed by atoms with Crippen LogP contribution in [0.4, 0.5) is 4.39 Å². The normalized spacial score (nSPS) is 15.5. The quantitative estimate of drug-likeness (QED) is 0.309. The molecule has 35 heavy (non-hydrogen) atoms. The number of aliphatic carboxylic acids is 3. The first-order valence-corrected chi connectivity index (χ1v) is 10.9. The first-order chi connectivity index (χ1) is 16.5. The molecule has 1 unspecified atom stereocenters. The molecule has 12 heteroatoms. The number of imidazole rings is 1. The number of nitrogens with one attached hydrogen (secondary N) is 1. The minimum atomic E-state index is -2.74. The number of aryl methyl sites for hydroxylation is 1. The molecule has 1 saturated heterocycles. The first kappa shape index (κ1) is 27.9. The van der Waals surface area contributed by atoms with Gasteiger partial charge in [-0.1, -0.05) is 12.1 Å². The molecule has 0 bridgehead atoms. The van der Waals surface area contributed by atoms with Gasteiger partial charge in [0.1, 0.15) is 5.82 Å². The van der Waals surface area contributed by atoms with E-state index in [9.17, 15) is 18.8 Å². The zero-order chi connectivity index (χ0) is 26.0. The molecule has 1 aliphatic heterocycles. The summed E-state index contributed by atoms with van der Waals surface area (Å²) in [4.78, 5) is 40.3. The number of nitrogens with zero attached hydrogens (tertiary/aromatic N) is 2. The van der Waals surface area contributed by atoms with Crippen molar-refractivity contribution in [3.63, 3.8) is 0 Å². The van der Waals surface area contributed by atoms with E-state index in [4.69, 9.17) is 25.2 Å². The van der Waals surface area contributed by atoms with Crippen LogP contribution in [0.15, 0.2) is 30.6 Å². The lowest BCUT2D eigenvalue weighted by atomic mass is 9.96. The fourth-order valence-electron chi connectivity index (χ4n) is 3.63. The fraction of sp³-hybridized carbons (Fsp3) is 0.478. The summed E-state index contributed by atoms with van der Waals surface area (Å²) in [7, 11) is 0. The summed E-state index contributed by atoms with van der Waals surface area (Å²) < 4.78 is 19.2. The number of carboxylic acids is 3. The molecule has 1 fully saturated rings. The topological polar surface area (TPSA) is 173 Å². The summed E-state index contributed by atoms with van der Waals surface area (Å²) in [5.41, 5.74) is 0.356. The number of halogens is 1. The van der Waals surface area contributed by atoms with Crippen LogP contribution in [0.25, 0.3) is 0 Å². The van der Waals surface area contributed by atoms with E-state index in [-0.39, 0.29) is 11.9 Å². The van der Waals surface area contributed by atoms with Crippen molar-refractivity contribution < 1.29 is 43.9 Å². The molecule has 0 radical (unpaired) electrons. The number of carbonyl (C=O) groups is 3. The molecule has 0 spiro atoms. The SMILES string of the molecule is Cc1[nH]cnc1CN(Cc1cccc(F)c1)CC1CCCO1.O=C(O)CC(O)(CC(=O)O)C(=O)O. The highest BCUT2D eigenvalue weighted by atomic mass is 19.1. The van der Waals surface area contributed by atoms with E-state index in [1.54, 1.807) is 18.5 Å². The molecule has 0 aliphatic carbocycles. The van der Waals surface area contributed by atoms with Crippen molar-refractivity contribution in [2.75, 3.05) is 13.2 Å². The molecular weight excluding hydrogens is 465 g/mol. The van der Waals surface area contributed by atoms with Crippen LogP contribution in [-0.4, -0.2) is 78.1 Å². The smallest absolute Gasteiger partial charge is 0.336 e. The summed E-state index contributed by atoms with van der Waals surface area (Å²) in [5, 5.41) is 33.8. The number of aromatic amines is 1. The van der Waals surface area contributed by atoms with Gasteiger partial charge in [0, 0.05) is 31.9 Å². The molecule has 3 rings (SSSR count). The zero-order valence-electron chi connectivity index (χ0n) is 19.3. The average Bonchev–Trinajstić information content (AvgIpc) is 3.39. The molecule has 2 heterocycles. The molecule has 1 aromatic carbocycles. The van der Waals surface area contributed by atoms with Crippen molar-refractivity contribution in [2.45, 2.75) is 57.4 Å². The number of hydrogen-bond acceptors (Lipinski definition) is 7. The Balaban J connectivity index is 0.000000287. The number of benzene rings is 1. The van der Waals surface area contributed by atoms with Crippen LogP contribution in [0.2, 0.25) is 0 Å². The number of ether oxygens (including phenoxy) is 1. The minimum Gasteiger partial charge on any atom is -0.481 e. The van der Waals surface area contributed by atoms with Gasteiger partial charge in [0.15, 0.2) is 5.60 Å². The Kier molecular flexibility index (Phi) is 10.3. The Hall–Kier alpha value is -3.35. The van der Waals surface area contributed by atoms with E-state index >= 15 is 0 Å². The van der Waals surface area contributed by atoms with E-state index in [0.29, 0.717) is 6.54 Å². The van der Waals surface area contributed by atoms with Crippen molar-refractivity contribution in [3.05, 3.63) is 53.4 Å². The molecular formula is C23H30FN3O8. The third-order valence-corrected chi connectivity index (χ3v) is 5.37. The number of carboxylic acid groups (broad SMARTS) is 3. The van der Waals surface area contributed by atoms with E-state index in [1.165, 1.54) is 6.07 Å². The Morgan fingerprint density at radius 3 is 2.37 bits per heavy atom. The van der Waals surface area contributed by atoms with Crippen LogP contribution in [0.1, 0.15) is 42.6 Å². The van der Waals surface area contributed by atoms with E-state index in [2.05, 4.69) is 14.9 Å². The van der Waals surface area contributed by atoms with Gasteiger partial charge in [-0.15, -0.1) is 0 Å². The maximum absolute atomic E-state index is 13.4. The second-order valence-corrected chi connectivity index (χ2v) is 8.39. The van der Waals surface area contributed by atoms with Crippen molar-refractivity contribution in [1.82, 2.24) is 14.9 Å². The van der Waals surface area contributed by atoms with Gasteiger partial charge < -0.3 is 30.1 Å². The second kappa shape index (κ2) is 12.9. The molecule has 2 aromatic rings. The predicted molar refractivity (Wildman–Crippen MR) is 120 cm³/mol. The van der Waals surface area contributed by atoms with Gasteiger partial charge in [0.25, 0.3) is 0 Å². The maximum atomic E-state index is 13.4. The molecule has 0 amide bonds. The van der Waals surface area contributed by atoms with Crippen molar-refractivity contribution in [1.29, 1.82) is 0 Å². The number of H-pyrrole nitrogens is 1. The zero-order valence-corrected chi connectivity index (χ0v) is 19.3. The highest BCUT2D eigenvalue weighted by Crippen LogP contribution is 2.18. The minimum absolute atomic E-state index is 0.189. The highest BCUT2D eigenvalue weighted by molar-refractivity contribution is 5.88. The standard InChI is InChI=1S/C17H22FN3O.C6H8O7/c1-13-17(20-12-19-13)11-21(10-16-6-3-7-22-16)9-14-4-2-5-15(18)8-14;7-3(8)1-6(13,5(11)12)2-4(9)10/h2,4-5,8,12,16H,3,6-7,9-11H2,1H3,(H,19,20);13H,1-2H2,(H,7,8)(H,9,10)(H,11,12). The Morgan fingerprint density at radius 2 is 1.89 bits per heavy atom. The highest BCUT2D eigenvalue weighted by Gasteiger charge is 2.40. The first-order valence-electron chi connectivity index (χ1n) is 10.9. The summed E-state index contributed by atoms with van der Waals surface area (Å²) in [6.07, 6.45) is 1.92. The second-order valence-electron chi connectivity index (χ2n) is 8.39. The third kappa shape index (κ3) is 9.43. The molecule has 192 valence electrons. The largest absolute Gasteiger partial charge is 0.481 e. The van der Waals surface area contributed by atoms with Crippen LogP contribution in [-0.2, 0) is 32.2 Å². The van der Waals surface area contributed by atoms with Gasteiger partial charge in [0.2, 0.25) is 0 Å². The maximum Gasteiger partial charge on any atom is 0.336 e. The lowest BCUT2D eigenvalue weighted by Crippen LogP contribution is -2.42. The number of hydrogen-bond donors (Lipinski definition) is 5. The monoisotopic (exact) mass is 495 g/mol. The van der Waals surface area contributed by atoms with Gasteiger partial charge in [-0.25, -0.2) is 14.2 Å². The van der Waals surface area contributed by atoms with E-state index in [0.717, 1.165) is 49.5 Å². The lowest BCUT2D eigenvalue weighted by molar-refractivity contribution is -0.170. The van der Waals surface area contributed by atoms with Crippen LogP contribution < -0.4 is 0 Å². The Labute approximate surface area is 201 Å². The van der Waals surface area contributed by atoms with E-state index in [1.807, 2.05) is 13.0 Å². The molecule has 1 aromatic heterocycles. The van der Waals surface area contributed by atoms with Crippen molar-refractivity contribution in [3.8, 4) is 0 Å². The summed E-state index contributed by atoms with van der Waals surface area (Å²) in [5.74, 6) is -5.21. The fourth-order valence-corrected chi connectivity index (χ4v) is 3.63. The average molecular weight is 496 g/mol.